The van der Waals surface area contributed by atoms with Crippen LogP contribution in [0.4, 0.5) is 0 Å². The van der Waals surface area contributed by atoms with Crippen LogP contribution in [0.15, 0.2) is 43.1 Å². The van der Waals surface area contributed by atoms with Gasteiger partial charge in [-0.3, -0.25) is 14.5 Å². The minimum atomic E-state index is -0.313. The molecule has 3 heteroatoms. The van der Waals surface area contributed by atoms with Crippen LogP contribution < -0.4 is 0 Å². The SMILES string of the molecule is C=CN1C(=O)C(CC(c2ccccc2)C(C)(C)C)C(C(C)(C)C)C1=O. The van der Waals surface area contributed by atoms with Gasteiger partial charge in [-0.1, -0.05) is 78.5 Å². The molecule has 3 nitrogen and oxygen atoms in total. The van der Waals surface area contributed by atoms with E-state index in [0.29, 0.717) is 6.42 Å². The van der Waals surface area contributed by atoms with Crippen molar-refractivity contribution in [3.05, 3.63) is 48.7 Å². The van der Waals surface area contributed by atoms with Gasteiger partial charge in [0.05, 0.1) is 11.8 Å². The van der Waals surface area contributed by atoms with Crippen molar-refractivity contribution in [2.45, 2.75) is 53.9 Å². The predicted octanol–water partition coefficient (Wildman–Crippen LogP) is 5.00. The minimum Gasteiger partial charge on any atom is -0.274 e. The van der Waals surface area contributed by atoms with Crippen LogP contribution in [0.25, 0.3) is 0 Å². The van der Waals surface area contributed by atoms with Crippen molar-refractivity contribution >= 4 is 11.8 Å². The Morgan fingerprint density at radius 1 is 1.04 bits per heavy atom. The van der Waals surface area contributed by atoms with Crippen molar-refractivity contribution < 1.29 is 9.59 Å². The first-order valence-electron chi connectivity index (χ1n) is 9.03. The molecular weight excluding hydrogens is 310 g/mol. The van der Waals surface area contributed by atoms with Gasteiger partial charge in [-0.15, -0.1) is 0 Å². The number of likely N-dealkylation sites (tertiary alicyclic amines) is 1. The third kappa shape index (κ3) is 3.86. The van der Waals surface area contributed by atoms with E-state index in [-0.39, 0.29) is 40.4 Å². The fourth-order valence-electron chi connectivity index (χ4n) is 4.07. The van der Waals surface area contributed by atoms with Gasteiger partial charge >= 0.3 is 0 Å². The Kier molecular flexibility index (Phi) is 5.27. The van der Waals surface area contributed by atoms with Gasteiger partial charge in [-0.2, -0.15) is 0 Å². The average Bonchev–Trinajstić information content (AvgIpc) is 2.74. The van der Waals surface area contributed by atoms with Gasteiger partial charge < -0.3 is 0 Å². The fraction of sp³-hybridized carbons (Fsp3) is 0.545. The number of nitrogens with zero attached hydrogens (tertiary/aromatic N) is 1. The highest BCUT2D eigenvalue weighted by Gasteiger charge is 2.52. The molecule has 2 amide bonds. The molecule has 1 aromatic rings. The second-order valence-electron chi connectivity index (χ2n) is 9.24. The lowest BCUT2D eigenvalue weighted by molar-refractivity contribution is -0.137. The number of rotatable bonds is 4. The summed E-state index contributed by atoms with van der Waals surface area (Å²) in [6, 6.07) is 10.3. The van der Waals surface area contributed by atoms with Crippen molar-refractivity contribution in [2.24, 2.45) is 22.7 Å². The molecule has 1 aliphatic rings. The molecule has 0 radical (unpaired) electrons. The lowest BCUT2D eigenvalue weighted by Gasteiger charge is -2.36. The molecule has 0 N–H and O–H groups in total. The molecule has 3 unspecified atom stereocenters. The topological polar surface area (TPSA) is 37.4 Å². The van der Waals surface area contributed by atoms with Crippen molar-refractivity contribution in [3.63, 3.8) is 0 Å². The molecule has 3 atom stereocenters. The number of hydrogen-bond donors (Lipinski definition) is 0. The quantitative estimate of drug-likeness (QED) is 0.723. The van der Waals surface area contributed by atoms with E-state index in [1.54, 1.807) is 0 Å². The Labute approximate surface area is 152 Å². The lowest BCUT2D eigenvalue weighted by atomic mass is 9.66. The molecule has 1 aliphatic heterocycles. The Bertz CT molecular complexity index is 649. The first kappa shape index (κ1) is 19.4. The molecule has 0 spiro atoms. The summed E-state index contributed by atoms with van der Waals surface area (Å²) in [6.07, 6.45) is 2.04. The zero-order chi connectivity index (χ0) is 19.0. The van der Waals surface area contributed by atoms with E-state index in [1.807, 2.05) is 39.0 Å². The van der Waals surface area contributed by atoms with Crippen LogP contribution >= 0.6 is 0 Å². The first-order chi connectivity index (χ1) is 11.5. The second kappa shape index (κ2) is 6.78. The highest BCUT2D eigenvalue weighted by Crippen LogP contribution is 2.47. The zero-order valence-corrected chi connectivity index (χ0v) is 16.4. The summed E-state index contributed by atoms with van der Waals surface area (Å²) in [5, 5.41) is 0. The van der Waals surface area contributed by atoms with Crippen LogP contribution in [0.5, 0.6) is 0 Å². The number of carbonyl (C=O) groups is 2. The summed E-state index contributed by atoms with van der Waals surface area (Å²) in [5.41, 5.74) is 0.947. The smallest absolute Gasteiger partial charge is 0.237 e. The van der Waals surface area contributed by atoms with Crippen LogP contribution in [-0.4, -0.2) is 16.7 Å². The maximum absolute atomic E-state index is 12.9. The number of amides is 2. The van der Waals surface area contributed by atoms with Gasteiger partial charge in [-0.25, -0.2) is 0 Å². The van der Waals surface area contributed by atoms with Crippen molar-refractivity contribution in [2.75, 3.05) is 0 Å². The Morgan fingerprint density at radius 2 is 1.60 bits per heavy atom. The largest absolute Gasteiger partial charge is 0.274 e. The maximum atomic E-state index is 12.9. The predicted molar refractivity (Wildman–Crippen MR) is 102 cm³/mol. The molecule has 0 bridgehead atoms. The van der Waals surface area contributed by atoms with E-state index >= 15 is 0 Å². The number of hydrogen-bond acceptors (Lipinski definition) is 2. The first-order valence-corrected chi connectivity index (χ1v) is 9.03. The molecule has 1 aromatic carbocycles. The third-order valence-electron chi connectivity index (χ3n) is 5.31. The van der Waals surface area contributed by atoms with Gasteiger partial charge in [0.25, 0.3) is 0 Å². The maximum Gasteiger partial charge on any atom is 0.237 e. The molecule has 136 valence electrons. The van der Waals surface area contributed by atoms with E-state index in [1.165, 1.54) is 16.7 Å². The van der Waals surface area contributed by atoms with Crippen LogP contribution in [0.3, 0.4) is 0 Å². The highest BCUT2D eigenvalue weighted by atomic mass is 16.2. The molecular formula is C22H31NO2. The molecule has 2 rings (SSSR count). The number of benzene rings is 1. The van der Waals surface area contributed by atoms with Crippen LogP contribution in [0.1, 0.15) is 59.4 Å². The summed E-state index contributed by atoms with van der Waals surface area (Å²) in [6.45, 7) is 16.4. The summed E-state index contributed by atoms with van der Waals surface area (Å²) >= 11 is 0. The Morgan fingerprint density at radius 3 is 2.04 bits per heavy atom. The summed E-state index contributed by atoms with van der Waals surface area (Å²) in [7, 11) is 0. The summed E-state index contributed by atoms with van der Waals surface area (Å²) in [5.74, 6) is -0.644. The molecule has 1 heterocycles. The Balaban J connectivity index is 2.44. The van der Waals surface area contributed by atoms with Crippen LogP contribution in [0.2, 0.25) is 0 Å². The van der Waals surface area contributed by atoms with Gasteiger partial charge in [0, 0.05) is 6.20 Å². The van der Waals surface area contributed by atoms with Gasteiger partial charge in [0.2, 0.25) is 11.8 Å². The van der Waals surface area contributed by atoms with Crippen molar-refractivity contribution in [3.8, 4) is 0 Å². The standard InChI is InChI=1S/C22H31NO2/c1-8-23-19(24)16(18(20(23)25)22(5,6)7)14-17(21(2,3)4)15-12-10-9-11-13-15/h8-13,16-18H,1,14H2,2-7H3. The monoisotopic (exact) mass is 341 g/mol. The van der Waals surface area contributed by atoms with Gasteiger partial charge in [0.15, 0.2) is 0 Å². The summed E-state index contributed by atoms with van der Waals surface area (Å²) in [4.78, 5) is 27.0. The zero-order valence-electron chi connectivity index (χ0n) is 16.4. The summed E-state index contributed by atoms with van der Waals surface area (Å²) < 4.78 is 0. The molecule has 1 saturated heterocycles. The highest BCUT2D eigenvalue weighted by molar-refractivity contribution is 6.06. The molecule has 0 saturated carbocycles. The number of imide groups is 1. The molecule has 0 aromatic heterocycles. The number of carbonyl (C=O) groups excluding carboxylic acids is 2. The third-order valence-corrected chi connectivity index (χ3v) is 5.31. The van der Waals surface area contributed by atoms with E-state index in [9.17, 15) is 9.59 Å². The Hall–Kier alpha value is -1.90. The lowest BCUT2D eigenvalue weighted by Crippen LogP contribution is -2.34. The second-order valence-corrected chi connectivity index (χ2v) is 9.24. The van der Waals surface area contributed by atoms with E-state index in [2.05, 4.69) is 39.5 Å². The molecule has 25 heavy (non-hydrogen) atoms. The normalized spacial score (nSPS) is 23.0. The van der Waals surface area contributed by atoms with Crippen LogP contribution in [0, 0.1) is 22.7 Å². The average molecular weight is 341 g/mol. The van der Waals surface area contributed by atoms with Gasteiger partial charge in [-0.05, 0) is 28.7 Å². The van der Waals surface area contributed by atoms with E-state index < -0.39 is 0 Å². The molecule has 1 fully saturated rings. The van der Waals surface area contributed by atoms with Crippen molar-refractivity contribution in [1.29, 1.82) is 0 Å². The minimum absolute atomic E-state index is 0.00524. The fourth-order valence-corrected chi connectivity index (χ4v) is 4.07. The van der Waals surface area contributed by atoms with E-state index in [0.717, 1.165) is 0 Å². The molecule has 0 aliphatic carbocycles. The van der Waals surface area contributed by atoms with Crippen molar-refractivity contribution in [1.82, 2.24) is 4.90 Å². The van der Waals surface area contributed by atoms with E-state index in [4.69, 9.17) is 0 Å². The van der Waals surface area contributed by atoms with Crippen LogP contribution in [-0.2, 0) is 9.59 Å². The van der Waals surface area contributed by atoms with Gasteiger partial charge in [0.1, 0.15) is 0 Å².